The van der Waals surface area contributed by atoms with E-state index in [-0.39, 0.29) is 24.0 Å². The Kier molecular flexibility index (Phi) is 6.24. The van der Waals surface area contributed by atoms with Crippen LogP contribution in [-0.2, 0) is 6.54 Å². The summed E-state index contributed by atoms with van der Waals surface area (Å²) in [6.07, 6.45) is 3.54. The molecule has 0 aromatic heterocycles. The highest BCUT2D eigenvalue weighted by atomic mass is 127. The van der Waals surface area contributed by atoms with Gasteiger partial charge >= 0.3 is 0 Å². The lowest BCUT2D eigenvalue weighted by Crippen LogP contribution is -2.22. The van der Waals surface area contributed by atoms with Gasteiger partial charge in [0.05, 0.1) is 19.8 Å². The lowest BCUT2D eigenvalue weighted by Gasteiger charge is -2.10. The highest BCUT2D eigenvalue weighted by Crippen LogP contribution is 2.39. The second kappa shape index (κ2) is 8.62. The zero-order valence-electron chi connectivity index (χ0n) is 14.6. The molecule has 1 saturated carbocycles. The number of rotatable bonds is 4. The van der Waals surface area contributed by atoms with Crippen LogP contribution in [0.4, 0.5) is 5.69 Å². The predicted octanol–water partition coefficient (Wildman–Crippen LogP) is 4.27. The summed E-state index contributed by atoms with van der Waals surface area (Å²) in [5.41, 5.74) is 9.45. The molecule has 0 amide bonds. The first-order valence-corrected chi connectivity index (χ1v) is 8.83. The molecule has 4 rings (SSSR count). The molecule has 1 aliphatic heterocycles. The van der Waals surface area contributed by atoms with Crippen LogP contribution in [0, 0.1) is 0 Å². The van der Waals surface area contributed by atoms with Crippen LogP contribution in [0.15, 0.2) is 47.5 Å². The van der Waals surface area contributed by atoms with Crippen molar-refractivity contribution in [2.45, 2.75) is 31.7 Å². The van der Waals surface area contributed by atoms with Gasteiger partial charge < -0.3 is 20.5 Å². The molecular formula is C20H24IN3O2. The number of guanidine groups is 1. The number of nitrogens with two attached hydrogens (primary N) is 1. The van der Waals surface area contributed by atoms with Crippen LogP contribution in [0.3, 0.4) is 0 Å². The van der Waals surface area contributed by atoms with Gasteiger partial charge in [-0.2, -0.15) is 0 Å². The van der Waals surface area contributed by atoms with Crippen molar-refractivity contribution in [3.05, 3.63) is 53.6 Å². The summed E-state index contributed by atoms with van der Waals surface area (Å²) in [6.45, 7) is 1.91. The number of halogens is 1. The molecule has 0 unspecified atom stereocenters. The minimum Gasteiger partial charge on any atom is -0.490 e. The Hall–Kier alpha value is -1.96. The topological polar surface area (TPSA) is 68.9 Å². The van der Waals surface area contributed by atoms with Gasteiger partial charge in [-0.3, -0.25) is 0 Å². The van der Waals surface area contributed by atoms with E-state index in [9.17, 15) is 0 Å². The Balaban J connectivity index is 0.00000196. The Bertz CT molecular complexity index is 773. The normalized spacial score (nSPS) is 16.4. The van der Waals surface area contributed by atoms with Gasteiger partial charge in [0, 0.05) is 18.2 Å². The molecule has 0 spiro atoms. The maximum Gasteiger partial charge on any atom is 0.193 e. The van der Waals surface area contributed by atoms with Gasteiger partial charge in [0.2, 0.25) is 0 Å². The van der Waals surface area contributed by atoms with Gasteiger partial charge in [-0.05, 0) is 42.0 Å². The van der Waals surface area contributed by atoms with E-state index >= 15 is 0 Å². The summed E-state index contributed by atoms with van der Waals surface area (Å²) in [6, 6.07) is 14.4. The average Bonchev–Trinajstić information content (AvgIpc) is 3.47. The van der Waals surface area contributed by atoms with Gasteiger partial charge in [-0.25, -0.2) is 4.99 Å². The fourth-order valence-corrected chi connectivity index (χ4v) is 2.92. The van der Waals surface area contributed by atoms with Crippen LogP contribution >= 0.6 is 24.0 Å². The number of nitrogens with one attached hydrogen (secondary N) is 1. The van der Waals surface area contributed by atoms with E-state index in [1.54, 1.807) is 0 Å². The van der Waals surface area contributed by atoms with Crippen molar-refractivity contribution >= 4 is 35.6 Å². The maximum atomic E-state index is 6.02. The molecule has 2 aromatic rings. The van der Waals surface area contributed by atoms with E-state index < -0.39 is 0 Å². The van der Waals surface area contributed by atoms with E-state index in [2.05, 4.69) is 34.6 Å². The van der Waals surface area contributed by atoms with Crippen molar-refractivity contribution < 1.29 is 9.47 Å². The number of hydrogen-bond donors (Lipinski definition) is 2. The molecule has 6 heteroatoms. The second-order valence-electron chi connectivity index (χ2n) is 6.55. The van der Waals surface area contributed by atoms with Gasteiger partial charge in [-0.15, -0.1) is 24.0 Å². The standard InChI is InChI=1S/C20H23N3O2.HI/c21-20(22-13-14-2-4-15(5-3-14)16-6-7-16)23-17-8-9-18-19(12-17)25-11-1-10-24-18;/h2-5,8-9,12,16H,1,6-7,10-11,13H2,(H3,21,22,23);1H. The highest BCUT2D eigenvalue weighted by molar-refractivity contribution is 14.0. The van der Waals surface area contributed by atoms with E-state index in [1.807, 2.05) is 18.2 Å². The molecule has 2 aliphatic rings. The first-order valence-electron chi connectivity index (χ1n) is 8.83. The van der Waals surface area contributed by atoms with E-state index in [1.165, 1.54) is 18.4 Å². The number of aliphatic imine (C=N–C) groups is 1. The third kappa shape index (κ3) is 4.81. The molecule has 0 bridgehead atoms. The molecule has 138 valence electrons. The van der Waals surface area contributed by atoms with Crippen LogP contribution in [0.1, 0.15) is 36.3 Å². The van der Waals surface area contributed by atoms with Crippen LogP contribution in [0.5, 0.6) is 11.5 Å². The number of benzene rings is 2. The first-order chi connectivity index (χ1) is 12.3. The van der Waals surface area contributed by atoms with Crippen molar-refractivity contribution in [2.75, 3.05) is 18.5 Å². The lowest BCUT2D eigenvalue weighted by atomic mass is 10.1. The predicted molar refractivity (Wildman–Crippen MR) is 115 cm³/mol. The maximum absolute atomic E-state index is 6.02. The van der Waals surface area contributed by atoms with Crippen LogP contribution in [-0.4, -0.2) is 19.2 Å². The average molecular weight is 465 g/mol. The summed E-state index contributed by atoms with van der Waals surface area (Å²) in [7, 11) is 0. The third-order valence-corrected chi connectivity index (χ3v) is 4.48. The number of anilines is 1. The quantitative estimate of drug-likeness (QED) is 0.402. The molecule has 0 saturated heterocycles. The van der Waals surface area contributed by atoms with Gasteiger partial charge in [-0.1, -0.05) is 24.3 Å². The molecular weight excluding hydrogens is 441 g/mol. The summed E-state index contributed by atoms with van der Waals surface area (Å²) >= 11 is 0. The van der Waals surface area contributed by atoms with Crippen molar-refractivity contribution in [1.82, 2.24) is 0 Å². The minimum atomic E-state index is 0. The molecule has 0 radical (unpaired) electrons. The summed E-state index contributed by atoms with van der Waals surface area (Å²) in [4.78, 5) is 4.42. The highest BCUT2D eigenvalue weighted by Gasteiger charge is 2.22. The van der Waals surface area contributed by atoms with Gasteiger partial charge in [0.15, 0.2) is 17.5 Å². The molecule has 5 nitrogen and oxygen atoms in total. The molecule has 1 fully saturated rings. The zero-order valence-corrected chi connectivity index (χ0v) is 16.9. The smallest absolute Gasteiger partial charge is 0.193 e. The van der Waals surface area contributed by atoms with Crippen LogP contribution in [0.2, 0.25) is 0 Å². The fraction of sp³-hybridized carbons (Fsp3) is 0.350. The summed E-state index contributed by atoms with van der Waals surface area (Å²) < 4.78 is 11.3. The largest absolute Gasteiger partial charge is 0.490 e. The number of ether oxygens (including phenoxy) is 2. The SMILES string of the molecule is I.NC(=NCc1ccc(C2CC2)cc1)Nc1ccc2c(c1)OCCCO2. The number of hydrogen-bond acceptors (Lipinski definition) is 3. The van der Waals surface area contributed by atoms with E-state index in [0.717, 1.165) is 35.1 Å². The molecule has 1 aliphatic carbocycles. The molecule has 0 atom stereocenters. The number of nitrogens with zero attached hydrogens (tertiary/aromatic N) is 1. The third-order valence-electron chi connectivity index (χ3n) is 4.48. The van der Waals surface area contributed by atoms with E-state index in [0.29, 0.717) is 25.7 Å². The Morgan fingerprint density at radius 2 is 1.77 bits per heavy atom. The fourth-order valence-electron chi connectivity index (χ4n) is 2.92. The molecule has 3 N–H and O–H groups in total. The van der Waals surface area contributed by atoms with Crippen molar-refractivity contribution in [3.8, 4) is 11.5 Å². The summed E-state index contributed by atoms with van der Waals surface area (Å²) in [5.74, 6) is 2.68. The van der Waals surface area contributed by atoms with Crippen molar-refractivity contribution in [2.24, 2.45) is 10.7 Å². The van der Waals surface area contributed by atoms with Crippen molar-refractivity contribution in [1.29, 1.82) is 0 Å². The van der Waals surface area contributed by atoms with Gasteiger partial charge in [0.1, 0.15) is 0 Å². The first kappa shape index (κ1) is 18.8. The van der Waals surface area contributed by atoms with E-state index in [4.69, 9.17) is 15.2 Å². The monoisotopic (exact) mass is 465 g/mol. The molecule has 2 aromatic carbocycles. The number of fused-ring (bicyclic) bond motifs is 1. The Labute approximate surface area is 171 Å². The Morgan fingerprint density at radius 3 is 2.50 bits per heavy atom. The Morgan fingerprint density at radius 1 is 1.04 bits per heavy atom. The van der Waals surface area contributed by atoms with Crippen LogP contribution < -0.4 is 20.5 Å². The minimum absolute atomic E-state index is 0. The summed E-state index contributed by atoms with van der Waals surface area (Å²) in [5, 5.41) is 3.11. The molecule has 1 heterocycles. The zero-order chi connectivity index (χ0) is 17.1. The molecule has 26 heavy (non-hydrogen) atoms. The lowest BCUT2D eigenvalue weighted by molar-refractivity contribution is 0.297. The second-order valence-corrected chi connectivity index (χ2v) is 6.55. The van der Waals surface area contributed by atoms with Crippen LogP contribution in [0.25, 0.3) is 0 Å². The van der Waals surface area contributed by atoms with Gasteiger partial charge in [0.25, 0.3) is 0 Å². The van der Waals surface area contributed by atoms with Crippen molar-refractivity contribution in [3.63, 3.8) is 0 Å².